The molecule has 2 aromatic rings. The molecule has 3 heteroatoms. The zero-order chi connectivity index (χ0) is 18.4. The van der Waals surface area contributed by atoms with Gasteiger partial charge in [0.15, 0.2) is 0 Å². The molecule has 0 bridgehead atoms. The Morgan fingerprint density at radius 3 is 2.32 bits per heavy atom. The number of aryl methyl sites for hydroxylation is 1. The van der Waals surface area contributed by atoms with Gasteiger partial charge in [0.05, 0.1) is 0 Å². The molecule has 0 N–H and O–H groups in total. The van der Waals surface area contributed by atoms with Crippen molar-refractivity contribution in [2.24, 2.45) is 18.9 Å². The molecule has 1 atom stereocenters. The van der Waals surface area contributed by atoms with E-state index in [1.807, 2.05) is 42.1 Å². The van der Waals surface area contributed by atoms with Gasteiger partial charge in [0.1, 0.15) is 5.75 Å². The smallest absolute Gasteiger partial charge is 0.336 e. The standard InChI is InChI=1S/C22H29NO2/c1-16(2)15-21(17(3)4)18-8-11-20(12-9-18)25-22(24)13-10-19-7-6-14-23(19)5/h6-14,16-17,21H,15H2,1-5H3/b13-10+. The number of esters is 1. The summed E-state index contributed by atoms with van der Waals surface area (Å²) in [4.78, 5) is 12.0. The number of rotatable bonds is 7. The molecule has 2 rings (SSSR count). The summed E-state index contributed by atoms with van der Waals surface area (Å²) < 4.78 is 7.34. The largest absolute Gasteiger partial charge is 0.423 e. The molecule has 1 heterocycles. The first-order chi connectivity index (χ1) is 11.9. The number of ether oxygens (including phenoxy) is 1. The van der Waals surface area contributed by atoms with E-state index in [1.54, 1.807) is 6.08 Å². The number of hydrogen-bond acceptors (Lipinski definition) is 2. The van der Waals surface area contributed by atoms with Crippen LogP contribution in [0.25, 0.3) is 6.08 Å². The third-order valence-corrected chi connectivity index (χ3v) is 4.43. The highest BCUT2D eigenvalue weighted by molar-refractivity contribution is 5.88. The van der Waals surface area contributed by atoms with Crippen LogP contribution in [-0.2, 0) is 11.8 Å². The van der Waals surface area contributed by atoms with E-state index in [0.29, 0.717) is 23.5 Å². The highest BCUT2D eigenvalue weighted by atomic mass is 16.5. The topological polar surface area (TPSA) is 31.2 Å². The average molecular weight is 339 g/mol. The van der Waals surface area contributed by atoms with Crippen LogP contribution in [0.1, 0.15) is 51.3 Å². The minimum absolute atomic E-state index is 0.364. The van der Waals surface area contributed by atoms with Crippen LogP contribution in [0.3, 0.4) is 0 Å². The van der Waals surface area contributed by atoms with Crippen LogP contribution in [0, 0.1) is 11.8 Å². The van der Waals surface area contributed by atoms with Crippen LogP contribution in [0.2, 0.25) is 0 Å². The van der Waals surface area contributed by atoms with Gasteiger partial charge < -0.3 is 9.30 Å². The second-order valence-corrected chi connectivity index (χ2v) is 7.35. The van der Waals surface area contributed by atoms with Gasteiger partial charge in [-0.15, -0.1) is 0 Å². The van der Waals surface area contributed by atoms with Crippen LogP contribution in [0.4, 0.5) is 0 Å². The van der Waals surface area contributed by atoms with Gasteiger partial charge in [0.2, 0.25) is 0 Å². The van der Waals surface area contributed by atoms with Crippen LogP contribution in [0.5, 0.6) is 5.75 Å². The molecule has 1 aromatic heterocycles. The van der Waals surface area contributed by atoms with Crippen LogP contribution in [-0.4, -0.2) is 10.5 Å². The third kappa shape index (κ3) is 5.63. The number of aromatic nitrogens is 1. The molecule has 0 amide bonds. The van der Waals surface area contributed by atoms with Crippen molar-refractivity contribution in [3.8, 4) is 5.75 Å². The van der Waals surface area contributed by atoms with E-state index >= 15 is 0 Å². The molecule has 1 aromatic carbocycles. The molecular formula is C22H29NO2. The van der Waals surface area contributed by atoms with Crippen molar-refractivity contribution in [2.75, 3.05) is 0 Å². The second-order valence-electron chi connectivity index (χ2n) is 7.35. The molecule has 134 valence electrons. The predicted octanol–water partition coefficient (Wildman–Crippen LogP) is 5.43. The number of hydrogen-bond donors (Lipinski definition) is 0. The van der Waals surface area contributed by atoms with E-state index in [-0.39, 0.29) is 5.97 Å². The lowest BCUT2D eigenvalue weighted by atomic mass is 9.82. The summed E-state index contributed by atoms with van der Waals surface area (Å²) in [5.74, 6) is 1.99. The summed E-state index contributed by atoms with van der Waals surface area (Å²) in [5, 5.41) is 0. The maximum atomic E-state index is 12.0. The van der Waals surface area contributed by atoms with Gasteiger partial charge in [0.25, 0.3) is 0 Å². The Labute approximate surface area is 151 Å². The van der Waals surface area contributed by atoms with Crippen molar-refractivity contribution in [1.82, 2.24) is 4.57 Å². The summed E-state index contributed by atoms with van der Waals surface area (Å²) >= 11 is 0. The Morgan fingerprint density at radius 2 is 1.80 bits per heavy atom. The number of benzene rings is 1. The number of carbonyl (C=O) groups excluding carboxylic acids is 1. The highest BCUT2D eigenvalue weighted by Gasteiger charge is 2.17. The SMILES string of the molecule is CC(C)CC(c1ccc(OC(=O)/C=C/c2cccn2C)cc1)C(C)C. The number of nitrogens with zero attached hydrogens (tertiary/aromatic N) is 1. The minimum atomic E-state index is -0.364. The van der Waals surface area contributed by atoms with Crippen molar-refractivity contribution in [3.05, 3.63) is 59.9 Å². The van der Waals surface area contributed by atoms with E-state index in [0.717, 1.165) is 12.1 Å². The van der Waals surface area contributed by atoms with Crippen molar-refractivity contribution >= 4 is 12.0 Å². The fourth-order valence-electron chi connectivity index (χ4n) is 3.04. The maximum Gasteiger partial charge on any atom is 0.336 e. The first kappa shape index (κ1) is 19.0. The molecule has 0 saturated heterocycles. The Kier molecular flexibility index (Phi) is 6.63. The fourth-order valence-corrected chi connectivity index (χ4v) is 3.04. The van der Waals surface area contributed by atoms with Crippen molar-refractivity contribution < 1.29 is 9.53 Å². The average Bonchev–Trinajstić information content (AvgIpc) is 2.96. The van der Waals surface area contributed by atoms with Crippen molar-refractivity contribution in [2.45, 2.75) is 40.0 Å². The van der Waals surface area contributed by atoms with E-state index in [2.05, 4.69) is 39.8 Å². The second kappa shape index (κ2) is 8.70. The molecule has 0 fully saturated rings. The zero-order valence-corrected chi connectivity index (χ0v) is 15.9. The van der Waals surface area contributed by atoms with Gasteiger partial charge >= 0.3 is 5.97 Å². The van der Waals surface area contributed by atoms with E-state index in [9.17, 15) is 4.79 Å². The zero-order valence-electron chi connectivity index (χ0n) is 15.9. The van der Waals surface area contributed by atoms with Gasteiger partial charge in [-0.2, -0.15) is 0 Å². The molecular weight excluding hydrogens is 310 g/mol. The molecule has 0 aliphatic rings. The molecule has 0 aliphatic carbocycles. The lowest BCUT2D eigenvalue weighted by molar-refractivity contribution is -0.128. The van der Waals surface area contributed by atoms with E-state index in [4.69, 9.17) is 4.74 Å². The lowest BCUT2D eigenvalue weighted by Gasteiger charge is -2.23. The molecule has 3 nitrogen and oxygen atoms in total. The summed E-state index contributed by atoms with van der Waals surface area (Å²) in [6, 6.07) is 11.8. The van der Waals surface area contributed by atoms with Crippen LogP contribution < -0.4 is 4.74 Å². The summed E-state index contributed by atoms with van der Waals surface area (Å²) in [5.41, 5.74) is 2.27. The van der Waals surface area contributed by atoms with Crippen molar-refractivity contribution in [3.63, 3.8) is 0 Å². The molecule has 1 unspecified atom stereocenters. The molecule has 0 aliphatic heterocycles. The Bertz CT molecular complexity index is 708. The summed E-state index contributed by atoms with van der Waals surface area (Å²) in [6.07, 6.45) is 6.31. The van der Waals surface area contributed by atoms with E-state index in [1.165, 1.54) is 11.6 Å². The Balaban J connectivity index is 2.00. The Hall–Kier alpha value is -2.29. The van der Waals surface area contributed by atoms with Gasteiger partial charge in [0, 0.05) is 25.0 Å². The van der Waals surface area contributed by atoms with Crippen LogP contribution >= 0.6 is 0 Å². The van der Waals surface area contributed by atoms with Gasteiger partial charge in [-0.05, 0) is 60.1 Å². The first-order valence-corrected chi connectivity index (χ1v) is 8.98. The fraction of sp³-hybridized carbons (Fsp3) is 0.409. The summed E-state index contributed by atoms with van der Waals surface area (Å²) in [6.45, 7) is 9.03. The quantitative estimate of drug-likeness (QED) is 0.383. The summed E-state index contributed by atoms with van der Waals surface area (Å²) in [7, 11) is 1.94. The van der Waals surface area contributed by atoms with E-state index < -0.39 is 0 Å². The first-order valence-electron chi connectivity index (χ1n) is 8.98. The molecule has 0 radical (unpaired) electrons. The Morgan fingerprint density at radius 1 is 1.12 bits per heavy atom. The van der Waals surface area contributed by atoms with Gasteiger partial charge in [-0.3, -0.25) is 0 Å². The van der Waals surface area contributed by atoms with Crippen LogP contribution in [0.15, 0.2) is 48.7 Å². The molecule has 0 spiro atoms. The predicted molar refractivity (Wildman–Crippen MR) is 104 cm³/mol. The normalized spacial score (nSPS) is 12.9. The minimum Gasteiger partial charge on any atom is -0.423 e. The number of carbonyl (C=O) groups is 1. The van der Waals surface area contributed by atoms with Gasteiger partial charge in [-0.1, -0.05) is 39.8 Å². The maximum absolute atomic E-state index is 12.0. The molecule has 25 heavy (non-hydrogen) atoms. The lowest BCUT2D eigenvalue weighted by Crippen LogP contribution is -2.10. The highest BCUT2D eigenvalue weighted by Crippen LogP contribution is 2.31. The van der Waals surface area contributed by atoms with Gasteiger partial charge in [-0.25, -0.2) is 4.79 Å². The third-order valence-electron chi connectivity index (χ3n) is 4.43. The monoisotopic (exact) mass is 339 g/mol. The van der Waals surface area contributed by atoms with Crippen molar-refractivity contribution in [1.29, 1.82) is 0 Å². The molecule has 0 saturated carbocycles.